The van der Waals surface area contributed by atoms with Gasteiger partial charge in [0.15, 0.2) is 0 Å². The number of nitrogen functional groups attached to an aromatic ring is 1. The molecule has 2 rings (SSSR count). The lowest BCUT2D eigenvalue weighted by Gasteiger charge is -2.07. The Morgan fingerprint density at radius 3 is 2.39 bits per heavy atom. The maximum Gasteiger partial charge on any atom is 0.265 e. The van der Waals surface area contributed by atoms with Crippen LogP contribution < -0.4 is 11.1 Å². The van der Waals surface area contributed by atoms with Gasteiger partial charge in [-0.05, 0) is 40.2 Å². The molecule has 1 amide bonds. The van der Waals surface area contributed by atoms with E-state index in [9.17, 15) is 4.79 Å². The van der Waals surface area contributed by atoms with E-state index in [-0.39, 0.29) is 5.91 Å². The van der Waals surface area contributed by atoms with E-state index in [1.165, 1.54) is 11.3 Å². The van der Waals surface area contributed by atoms with Crippen LogP contribution in [0.25, 0.3) is 0 Å². The van der Waals surface area contributed by atoms with Gasteiger partial charge in [0.25, 0.3) is 5.91 Å². The van der Waals surface area contributed by atoms with Crippen LogP contribution in [0.4, 0.5) is 11.4 Å². The van der Waals surface area contributed by atoms with E-state index < -0.39 is 0 Å². The van der Waals surface area contributed by atoms with Crippen LogP contribution in [0, 0.1) is 0 Å². The fourth-order valence-corrected chi connectivity index (χ4v) is 3.05. The Kier molecular flexibility index (Phi) is 4.17. The van der Waals surface area contributed by atoms with Crippen LogP contribution in [-0.4, -0.2) is 5.91 Å². The molecule has 94 valence electrons. The average Bonchev–Trinajstić information content (AvgIpc) is 2.72. The lowest BCUT2D eigenvalue weighted by atomic mass is 10.2. The summed E-state index contributed by atoms with van der Waals surface area (Å²) in [5.41, 5.74) is 6.42. The summed E-state index contributed by atoms with van der Waals surface area (Å²) in [7, 11) is 0. The number of carbonyl (C=O) groups excluding carboxylic acids is 1. The SMILES string of the molecule is Nc1c(Cl)cc(NC(=O)c2ccc(Br)s2)cc1Cl. The van der Waals surface area contributed by atoms with Crippen molar-refractivity contribution in [1.29, 1.82) is 0 Å². The van der Waals surface area contributed by atoms with E-state index >= 15 is 0 Å². The molecule has 0 unspecified atom stereocenters. The summed E-state index contributed by atoms with van der Waals surface area (Å²) in [5.74, 6) is -0.220. The molecule has 0 radical (unpaired) electrons. The summed E-state index contributed by atoms with van der Waals surface area (Å²) in [6, 6.07) is 6.65. The Balaban J connectivity index is 2.22. The molecule has 0 aliphatic rings. The maximum absolute atomic E-state index is 11.9. The molecular weight excluding hydrogens is 359 g/mol. The van der Waals surface area contributed by atoms with Gasteiger partial charge in [-0.3, -0.25) is 4.79 Å². The monoisotopic (exact) mass is 364 g/mol. The first-order valence-corrected chi connectivity index (χ1v) is 7.15. The molecule has 3 N–H and O–H groups in total. The van der Waals surface area contributed by atoms with Crippen molar-refractivity contribution in [2.45, 2.75) is 0 Å². The van der Waals surface area contributed by atoms with Gasteiger partial charge in [-0.1, -0.05) is 23.2 Å². The first-order valence-electron chi connectivity index (χ1n) is 4.78. The summed E-state index contributed by atoms with van der Waals surface area (Å²) in [5, 5.41) is 3.33. The number of hydrogen-bond donors (Lipinski definition) is 2. The third-order valence-corrected chi connectivity index (χ3v) is 4.38. The van der Waals surface area contributed by atoms with Crippen molar-refractivity contribution < 1.29 is 4.79 Å². The second-order valence-corrected chi connectivity index (χ2v) is 6.69. The second-order valence-electron chi connectivity index (χ2n) is 3.41. The van der Waals surface area contributed by atoms with Crippen LogP contribution in [0.5, 0.6) is 0 Å². The zero-order valence-electron chi connectivity index (χ0n) is 8.84. The van der Waals surface area contributed by atoms with Crippen molar-refractivity contribution in [1.82, 2.24) is 0 Å². The van der Waals surface area contributed by atoms with Crippen LogP contribution >= 0.6 is 50.5 Å². The highest BCUT2D eigenvalue weighted by Crippen LogP contribution is 2.31. The van der Waals surface area contributed by atoms with Crippen LogP contribution in [0.1, 0.15) is 9.67 Å². The van der Waals surface area contributed by atoms with E-state index in [0.717, 1.165) is 3.79 Å². The Hall–Kier alpha value is -0.750. The van der Waals surface area contributed by atoms with Crippen molar-refractivity contribution in [3.05, 3.63) is 43.0 Å². The summed E-state index contributed by atoms with van der Waals surface area (Å²) in [6.07, 6.45) is 0. The highest BCUT2D eigenvalue weighted by atomic mass is 79.9. The zero-order valence-corrected chi connectivity index (χ0v) is 12.8. The lowest BCUT2D eigenvalue weighted by molar-refractivity contribution is 0.103. The van der Waals surface area contributed by atoms with E-state index in [1.54, 1.807) is 18.2 Å². The van der Waals surface area contributed by atoms with E-state index in [2.05, 4.69) is 21.2 Å². The predicted octanol–water partition coefficient (Wildman–Crippen LogP) is 4.65. The van der Waals surface area contributed by atoms with Gasteiger partial charge in [0.05, 0.1) is 24.4 Å². The molecule has 18 heavy (non-hydrogen) atoms. The van der Waals surface area contributed by atoms with E-state index in [4.69, 9.17) is 28.9 Å². The molecule has 0 aliphatic heterocycles. The normalized spacial score (nSPS) is 10.4. The molecule has 0 bridgehead atoms. The molecule has 0 atom stereocenters. The van der Waals surface area contributed by atoms with Crippen molar-refractivity contribution in [2.75, 3.05) is 11.1 Å². The third kappa shape index (κ3) is 2.98. The minimum atomic E-state index is -0.220. The molecule has 3 nitrogen and oxygen atoms in total. The highest BCUT2D eigenvalue weighted by molar-refractivity contribution is 9.11. The second kappa shape index (κ2) is 5.48. The molecule has 0 fully saturated rings. The van der Waals surface area contributed by atoms with Gasteiger partial charge in [0, 0.05) is 5.69 Å². The van der Waals surface area contributed by atoms with Gasteiger partial charge in [-0.15, -0.1) is 11.3 Å². The number of nitrogens with one attached hydrogen (secondary N) is 1. The predicted molar refractivity (Wildman–Crippen MR) is 80.8 cm³/mol. The van der Waals surface area contributed by atoms with Crippen LogP contribution in [0.3, 0.4) is 0 Å². The number of carbonyl (C=O) groups is 1. The number of nitrogens with two attached hydrogens (primary N) is 1. The maximum atomic E-state index is 11.9. The van der Waals surface area contributed by atoms with Crippen molar-refractivity contribution in [2.24, 2.45) is 0 Å². The summed E-state index contributed by atoms with van der Waals surface area (Å²) in [4.78, 5) is 12.5. The molecule has 1 heterocycles. The fraction of sp³-hybridized carbons (Fsp3) is 0. The van der Waals surface area contributed by atoms with E-state index in [1.807, 2.05) is 6.07 Å². The first-order chi connectivity index (χ1) is 8.47. The number of benzene rings is 1. The molecule has 2 aromatic rings. The Morgan fingerprint density at radius 1 is 1.28 bits per heavy atom. The standard InChI is InChI=1S/C11H7BrCl2N2OS/c12-9-2-1-8(18-9)11(17)16-5-3-6(13)10(15)7(14)4-5/h1-4H,15H2,(H,16,17). The number of halogens is 3. The molecule has 1 aromatic carbocycles. The average molecular weight is 366 g/mol. The van der Waals surface area contributed by atoms with Crippen molar-refractivity contribution in [3.8, 4) is 0 Å². The summed E-state index contributed by atoms with van der Waals surface area (Å²) < 4.78 is 0.890. The smallest absolute Gasteiger partial charge is 0.265 e. The summed E-state index contributed by atoms with van der Waals surface area (Å²) in [6.45, 7) is 0. The number of hydrogen-bond acceptors (Lipinski definition) is 3. The number of anilines is 2. The number of thiophene rings is 1. The molecule has 0 saturated carbocycles. The Morgan fingerprint density at radius 2 is 1.89 bits per heavy atom. The first kappa shape index (κ1) is 13.7. The molecule has 1 aromatic heterocycles. The van der Waals surface area contributed by atoms with Crippen LogP contribution in [0.15, 0.2) is 28.1 Å². The largest absolute Gasteiger partial charge is 0.396 e. The van der Waals surface area contributed by atoms with Gasteiger partial charge >= 0.3 is 0 Å². The van der Waals surface area contributed by atoms with Gasteiger partial charge in [0.2, 0.25) is 0 Å². The topological polar surface area (TPSA) is 55.1 Å². The van der Waals surface area contributed by atoms with Gasteiger partial charge in [-0.25, -0.2) is 0 Å². The Labute approximate surface area is 126 Å². The fourth-order valence-electron chi connectivity index (χ4n) is 1.29. The van der Waals surface area contributed by atoms with E-state index in [0.29, 0.717) is 26.3 Å². The van der Waals surface area contributed by atoms with Gasteiger partial charge in [-0.2, -0.15) is 0 Å². The van der Waals surface area contributed by atoms with Gasteiger partial charge in [0.1, 0.15) is 0 Å². The molecule has 0 saturated heterocycles. The van der Waals surface area contributed by atoms with Crippen LogP contribution in [0.2, 0.25) is 10.0 Å². The molecular formula is C11H7BrCl2N2OS. The minimum absolute atomic E-state index is 0.220. The number of amides is 1. The molecule has 0 spiro atoms. The van der Waals surface area contributed by atoms with Crippen molar-refractivity contribution >= 4 is 67.8 Å². The molecule has 7 heteroatoms. The zero-order chi connectivity index (χ0) is 13.3. The van der Waals surface area contributed by atoms with Gasteiger partial charge < -0.3 is 11.1 Å². The Bertz CT molecular complexity index is 592. The van der Waals surface area contributed by atoms with Crippen molar-refractivity contribution in [3.63, 3.8) is 0 Å². The minimum Gasteiger partial charge on any atom is -0.396 e. The molecule has 0 aliphatic carbocycles. The third-order valence-electron chi connectivity index (χ3n) is 2.13. The van der Waals surface area contributed by atoms with Crippen LogP contribution in [-0.2, 0) is 0 Å². The quantitative estimate of drug-likeness (QED) is 0.761. The number of rotatable bonds is 2. The highest BCUT2D eigenvalue weighted by Gasteiger charge is 2.11. The lowest BCUT2D eigenvalue weighted by Crippen LogP contribution is -2.10. The summed E-state index contributed by atoms with van der Waals surface area (Å²) >= 11 is 16.4.